The van der Waals surface area contributed by atoms with Crippen molar-refractivity contribution in [2.45, 2.75) is 13.5 Å². The fraction of sp³-hybridized carbons (Fsp3) is 0.316. The van der Waals surface area contributed by atoms with Crippen LogP contribution < -0.4 is 0 Å². The van der Waals surface area contributed by atoms with Gasteiger partial charge in [0.15, 0.2) is 0 Å². The number of benzene rings is 2. The maximum absolute atomic E-state index is 6.10. The Morgan fingerprint density at radius 1 is 1.00 bits per heavy atom. The van der Waals surface area contributed by atoms with E-state index < -0.39 is 0 Å². The third kappa shape index (κ3) is 2.90. The highest BCUT2D eigenvalue weighted by atomic mass is 32.1. The summed E-state index contributed by atoms with van der Waals surface area (Å²) in [4.78, 5) is 2.41. The lowest BCUT2D eigenvalue weighted by Crippen LogP contribution is -2.35. The molecule has 1 aliphatic rings. The first-order chi connectivity index (χ1) is 11.2. The summed E-state index contributed by atoms with van der Waals surface area (Å²) in [5.41, 5.74) is 4.18. The lowest BCUT2D eigenvalue weighted by atomic mass is 10.1. The summed E-state index contributed by atoms with van der Waals surface area (Å²) >= 11 is 5.67. The molecule has 1 aliphatic heterocycles. The highest BCUT2D eigenvalue weighted by Crippen LogP contribution is 2.27. The summed E-state index contributed by atoms with van der Waals surface area (Å²) in [6.45, 7) is 6.60. The van der Waals surface area contributed by atoms with Crippen LogP contribution in [0.4, 0.5) is 0 Å². The molecule has 2 heterocycles. The second-order valence-corrected chi connectivity index (χ2v) is 6.56. The molecule has 0 saturated carbocycles. The van der Waals surface area contributed by atoms with E-state index in [0.29, 0.717) is 0 Å². The van der Waals surface area contributed by atoms with Crippen LogP contribution in [0.25, 0.3) is 21.9 Å². The molecule has 4 heteroatoms. The third-order valence-electron chi connectivity index (χ3n) is 4.40. The standard InChI is InChI=1S/C19H19NO2S/c1-13-2-5-17-16(10-13)19(23)15-4-3-14(11-18(15)22-17)12-20-6-8-21-9-7-20/h2-5,10-11H,6-9,12H2,1H3. The number of morpholine rings is 1. The molecule has 118 valence electrons. The maximum atomic E-state index is 6.10. The van der Waals surface area contributed by atoms with E-state index in [1.165, 1.54) is 11.1 Å². The minimum atomic E-state index is 0.818. The van der Waals surface area contributed by atoms with E-state index >= 15 is 0 Å². The minimum Gasteiger partial charge on any atom is -0.456 e. The summed E-state index contributed by atoms with van der Waals surface area (Å²) in [5.74, 6) is 0. The number of aryl methyl sites for hydroxylation is 1. The van der Waals surface area contributed by atoms with Crippen molar-refractivity contribution in [2.75, 3.05) is 26.3 Å². The Morgan fingerprint density at radius 3 is 2.65 bits per heavy atom. The molecule has 0 spiro atoms. The van der Waals surface area contributed by atoms with Crippen LogP contribution in [0.1, 0.15) is 11.1 Å². The number of hydrogen-bond acceptors (Lipinski definition) is 4. The molecule has 1 saturated heterocycles. The maximum Gasteiger partial charge on any atom is 0.136 e. The quantitative estimate of drug-likeness (QED) is 0.513. The summed E-state index contributed by atoms with van der Waals surface area (Å²) in [6, 6.07) is 12.5. The van der Waals surface area contributed by atoms with Crippen LogP contribution in [-0.2, 0) is 11.3 Å². The van der Waals surface area contributed by atoms with Gasteiger partial charge in [-0.1, -0.05) is 29.9 Å². The smallest absolute Gasteiger partial charge is 0.136 e. The number of fused-ring (bicyclic) bond motifs is 2. The van der Waals surface area contributed by atoms with E-state index in [2.05, 4.69) is 42.2 Å². The molecule has 0 aliphatic carbocycles. The number of ether oxygens (including phenoxy) is 1. The Kier molecular flexibility index (Phi) is 3.89. The molecular weight excluding hydrogens is 306 g/mol. The van der Waals surface area contributed by atoms with Gasteiger partial charge in [0.1, 0.15) is 11.2 Å². The fourth-order valence-electron chi connectivity index (χ4n) is 3.13. The van der Waals surface area contributed by atoms with Crippen LogP contribution in [0.15, 0.2) is 40.8 Å². The van der Waals surface area contributed by atoms with Crippen LogP contribution in [-0.4, -0.2) is 31.2 Å². The monoisotopic (exact) mass is 325 g/mol. The van der Waals surface area contributed by atoms with Gasteiger partial charge in [0, 0.05) is 30.4 Å². The SMILES string of the molecule is Cc1ccc2oc3cc(CN4CCOCC4)ccc3c(=S)c2c1. The van der Waals surface area contributed by atoms with Crippen molar-refractivity contribution in [3.8, 4) is 0 Å². The van der Waals surface area contributed by atoms with Crippen LogP contribution in [0.2, 0.25) is 0 Å². The zero-order valence-corrected chi connectivity index (χ0v) is 14.0. The van der Waals surface area contributed by atoms with Gasteiger partial charge in [-0.2, -0.15) is 0 Å². The molecular formula is C19H19NO2S. The predicted octanol–water partition coefficient (Wildman–Crippen LogP) is 4.46. The molecule has 0 atom stereocenters. The molecule has 0 radical (unpaired) electrons. The summed E-state index contributed by atoms with van der Waals surface area (Å²) in [7, 11) is 0. The Morgan fingerprint density at radius 2 is 1.83 bits per heavy atom. The topological polar surface area (TPSA) is 25.6 Å². The van der Waals surface area contributed by atoms with Crippen molar-refractivity contribution in [1.82, 2.24) is 4.90 Å². The van der Waals surface area contributed by atoms with Gasteiger partial charge in [-0.05, 0) is 36.8 Å². The molecule has 1 aromatic heterocycles. The first-order valence-corrected chi connectivity index (χ1v) is 8.38. The summed E-state index contributed by atoms with van der Waals surface area (Å²) in [6.07, 6.45) is 0. The molecule has 0 bridgehead atoms. The number of hydrogen-bond donors (Lipinski definition) is 0. The van der Waals surface area contributed by atoms with Gasteiger partial charge in [-0.15, -0.1) is 0 Å². The second kappa shape index (κ2) is 6.04. The van der Waals surface area contributed by atoms with Gasteiger partial charge in [0.05, 0.1) is 17.7 Å². The highest BCUT2D eigenvalue weighted by Gasteiger charge is 2.12. The summed E-state index contributed by atoms with van der Waals surface area (Å²) in [5, 5.41) is 2.04. The second-order valence-electron chi connectivity index (χ2n) is 6.15. The van der Waals surface area contributed by atoms with Gasteiger partial charge in [-0.3, -0.25) is 4.90 Å². The fourth-order valence-corrected chi connectivity index (χ4v) is 3.46. The molecule has 0 N–H and O–H groups in total. The van der Waals surface area contributed by atoms with E-state index in [4.69, 9.17) is 21.4 Å². The van der Waals surface area contributed by atoms with E-state index in [0.717, 1.165) is 59.3 Å². The van der Waals surface area contributed by atoms with Crippen molar-refractivity contribution in [3.05, 3.63) is 52.0 Å². The molecule has 4 rings (SSSR count). The van der Waals surface area contributed by atoms with Crippen LogP contribution in [0.5, 0.6) is 0 Å². The molecule has 3 nitrogen and oxygen atoms in total. The van der Waals surface area contributed by atoms with E-state index in [1.54, 1.807) is 0 Å². The molecule has 0 amide bonds. The zero-order chi connectivity index (χ0) is 15.8. The van der Waals surface area contributed by atoms with Crippen LogP contribution >= 0.6 is 12.2 Å². The predicted molar refractivity (Wildman–Crippen MR) is 95.4 cm³/mol. The van der Waals surface area contributed by atoms with Crippen molar-refractivity contribution in [1.29, 1.82) is 0 Å². The number of nitrogens with zero attached hydrogens (tertiary/aromatic N) is 1. The molecule has 23 heavy (non-hydrogen) atoms. The van der Waals surface area contributed by atoms with Gasteiger partial charge < -0.3 is 9.15 Å². The van der Waals surface area contributed by atoms with E-state index in [9.17, 15) is 0 Å². The highest BCUT2D eigenvalue weighted by molar-refractivity contribution is 7.72. The first-order valence-electron chi connectivity index (χ1n) is 7.97. The lowest BCUT2D eigenvalue weighted by molar-refractivity contribution is 0.0342. The number of rotatable bonds is 2. The van der Waals surface area contributed by atoms with Crippen molar-refractivity contribution in [2.24, 2.45) is 0 Å². The minimum absolute atomic E-state index is 0.818. The van der Waals surface area contributed by atoms with Crippen molar-refractivity contribution >= 4 is 34.2 Å². The lowest BCUT2D eigenvalue weighted by Gasteiger charge is -2.26. The Hall–Kier alpha value is -1.75. The first kappa shape index (κ1) is 14.8. The van der Waals surface area contributed by atoms with Crippen molar-refractivity contribution in [3.63, 3.8) is 0 Å². The Balaban J connectivity index is 1.77. The molecule has 1 fully saturated rings. The molecule has 0 unspecified atom stereocenters. The van der Waals surface area contributed by atoms with Gasteiger partial charge in [0.2, 0.25) is 0 Å². The molecule has 2 aromatic carbocycles. The third-order valence-corrected chi connectivity index (χ3v) is 4.84. The van der Waals surface area contributed by atoms with E-state index in [1.807, 2.05) is 6.07 Å². The van der Waals surface area contributed by atoms with E-state index in [-0.39, 0.29) is 0 Å². The van der Waals surface area contributed by atoms with Crippen LogP contribution in [0.3, 0.4) is 0 Å². The zero-order valence-electron chi connectivity index (χ0n) is 13.2. The van der Waals surface area contributed by atoms with Gasteiger partial charge >= 0.3 is 0 Å². The van der Waals surface area contributed by atoms with Crippen molar-refractivity contribution < 1.29 is 9.15 Å². The largest absolute Gasteiger partial charge is 0.456 e. The normalized spacial score (nSPS) is 16.2. The van der Waals surface area contributed by atoms with Crippen LogP contribution in [0, 0.1) is 11.4 Å². The summed E-state index contributed by atoms with van der Waals surface area (Å²) < 4.78 is 12.4. The molecule has 3 aromatic rings. The average Bonchev–Trinajstić information content (AvgIpc) is 2.57. The Bertz CT molecular complexity index is 926. The Labute approximate surface area is 140 Å². The van der Waals surface area contributed by atoms with Gasteiger partial charge in [0.25, 0.3) is 0 Å². The van der Waals surface area contributed by atoms with Gasteiger partial charge in [-0.25, -0.2) is 0 Å². The average molecular weight is 325 g/mol.